The Morgan fingerprint density at radius 1 is 1.04 bits per heavy atom. The van der Waals surface area contributed by atoms with E-state index < -0.39 is 10.0 Å². The molecule has 1 heterocycles. The summed E-state index contributed by atoms with van der Waals surface area (Å²) >= 11 is 0. The number of carbonyl (C=O) groups excluding carboxylic acids is 1. The first kappa shape index (κ1) is 21.3. The second-order valence-electron chi connectivity index (χ2n) is 8.41. The summed E-state index contributed by atoms with van der Waals surface area (Å²) in [5, 5.41) is 3.01. The van der Waals surface area contributed by atoms with Crippen LogP contribution >= 0.6 is 0 Å². The predicted octanol–water partition coefficient (Wildman–Crippen LogP) is 4.01. The molecule has 1 amide bonds. The summed E-state index contributed by atoms with van der Waals surface area (Å²) in [7, 11) is -3.48. The monoisotopic (exact) mass is 406 g/mol. The lowest BCUT2D eigenvalue weighted by Crippen LogP contribution is -2.45. The van der Waals surface area contributed by atoms with Crippen molar-refractivity contribution in [3.05, 3.63) is 29.8 Å². The quantitative estimate of drug-likeness (QED) is 0.709. The average molecular weight is 407 g/mol. The minimum Gasteiger partial charge on any atom is -0.356 e. The van der Waals surface area contributed by atoms with Crippen LogP contribution in [0.15, 0.2) is 29.2 Å². The minimum absolute atomic E-state index is 0.0322. The maximum absolute atomic E-state index is 13.1. The fourth-order valence-electron chi connectivity index (χ4n) is 4.53. The maximum Gasteiger partial charge on any atom is 0.243 e. The van der Waals surface area contributed by atoms with Crippen molar-refractivity contribution in [3.8, 4) is 0 Å². The molecule has 0 spiro atoms. The summed E-state index contributed by atoms with van der Waals surface area (Å²) < 4.78 is 27.8. The standard InChI is InChI=1S/C22H34N2O3S/c1-18-9-12-21(13-10-18)28(26,27)24-17-5-4-8-20(24)15-16-23-22(25)14-11-19-6-2-3-7-19/h9-10,12-13,19-20H,2-8,11,14-17H2,1H3,(H,23,25). The van der Waals surface area contributed by atoms with E-state index in [0.717, 1.165) is 37.2 Å². The van der Waals surface area contributed by atoms with Crippen molar-refractivity contribution in [2.45, 2.75) is 82.1 Å². The molecule has 1 atom stereocenters. The Kier molecular flexibility index (Phi) is 7.52. The molecule has 1 aromatic carbocycles. The van der Waals surface area contributed by atoms with E-state index in [-0.39, 0.29) is 11.9 Å². The molecule has 2 fully saturated rings. The molecule has 28 heavy (non-hydrogen) atoms. The first-order valence-corrected chi connectivity index (χ1v) is 12.3. The molecule has 156 valence electrons. The van der Waals surface area contributed by atoms with Crippen LogP contribution in [0.3, 0.4) is 0 Å². The van der Waals surface area contributed by atoms with Crippen molar-refractivity contribution < 1.29 is 13.2 Å². The third-order valence-electron chi connectivity index (χ3n) is 6.25. The first-order valence-electron chi connectivity index (χ1n) is 10.8. The Morgan fingerprint density at radius 3 is 2.43 bits per heavy atom. The van der Waals surface area contributed by atoms with Gasteiger partial charge in [0.15, 0.2) is 0 Å². The fraction of sp³-hybridized carbons (Fsp3) is 0.682. The highest BCUT2D eigenvalue weighted by Gasteiger charge is 2.33. The first-order chi connectivity index (χ1) is 13.5. The Labute approximate surface area is 169 Å². The van der Waals surface area contributed by atoms with Gasteiger partial charge in [-0.25, -0.2) is 8.42 Å². The number of hydrogen-bond acceptors (Lipinski definition) is 3. The van der Waals surface area contributed by atoms with Crippen LogP contribution in [0.1, 0.15) is 69.8 Å². The molecule has 0 bridgehead atoms. The zero-order valence-corrected chi connectivity index (χ0v) is 17.8. The maximum atomic E-state index is 13.1. The number of benzene rings is 1. The Balaban J connectivity index is 1.51. The summed E-state index contributed by atoms with van der Waals surface area (Å²) in [6.07, 6.45) is 10.2. The molecule has 3 rings (SSSR count). The van der Waals surface area contributed by atoms with Crippen molar-refractivity contribution in [1.82, 2.24) is 9.62 Å². The highest BCUT2D eigenvalue weighted by atomic mass is 32.2. The molecule has 1 unspecified atom stereocenters. The van der Waals surface area contributed by atoms with Gasteiger partial charge >= 0.3 is 0 Å². The fourth-order valence-corrected chi connectivity index (χ4v) is 6.25. The van der Waals surface area contributed by atoms with Crippen LogP contribution in [0.5, 0.6) is 0 Å². The van der Waals surface area contributed by atoms with Gasteiger partial charge in [0, 0.05) is 25.6 Å². The number of aryl methyl sites for hydroxylation is 1. The SMILES string of the molecule is Cc1ccc(S(=O)(=O)N2CCCCC2CCNC(=O)CCC2CCCC2)cc1. The summed E-state index contributed by atoms with van der Waals surface area (Å²) in [4.78, 5) is 12.5. The van der Waals surface area contributed by atoms with E-state index in [0.29, 0.717) is 30.8 Å². The van der Waals surface area contributed by atoms with E-state index in [2.05, 4.69) is 5.32 Å². The van der Waals surface area contributed by atoms with Crippen LogP contribution in [0.25, 0.3) is 0 Å². The number of rotatable bonds is 8. The van der Waals surface area contributed by atoms with Crippen molar-refractivity contribution in [2.75, 3.05) is 13.1 Å². The van der Waals surface area contributed by atoms with Crippen molar-refractivity contribution >= 4 is 15.9 Å². The predicted molar refractivity (Wildman–Crippen MR) is 112 cm³/mol. The van der Waals surface area contributed by atoms with Crippen LogP contribution in [0.2, 0.25) is 0 Å². The van der Waals surface area contributed by atoms with Gasteiger partial charge in [-0.2, -0.15) is 4.31 Å². The van der Waals surface area contributed by atoms with Gasteiger partial charge in [-0.1, -0.05) is 49.8 Å². The summed E-state index contributed by atoms with van der Waals surface area (Å²) in [6, 6.07) is 7.05. The summed E-state index contributed by atoms with van der Waals surface area (Å²) in [5.74, 6) is 0.829. The second kappa shape index (κ2) is 9.88. The third kappa shape index (κ3) is 5.57. The average Bonchev–Trinajstić information content (AvgIpc) is 3.21. The molecule has 1 aliphatic carbocycles. The van der Waals surface area contributed by atoms with E-state index in [1.807, 2.05) is 19.1 Å². The van der Waals surface area contributed by atoms with Gasteiger partial charge in [-0.05, 0) is 50.7 Å². The molecule has 6 heteroatoms. The highest BCUT2D eigenvalue weighted by Crippen LogP contribution is 2.29. The van der Waals surface area contributed by atoms with E-state index in [4.69, 9.17) is 0 Å². The van der Waals surface area contributed by atoms with Gasteiger partial charge in [0.05, 0.1) is 4.90 Å². The largest absolute Gasteiger partial charge is 0.356 e. The normalized spacial score (nSPS) is 21.7. The molecular weight excluding hydrogens is 372 g/mol. The number of nitrogens with zero attached hydrogens (tertiary/aromatic N) is 1. The number of sulfonamides is 1. The minimum atomic E-state index is -3.48. The topological polar surface area (TPSA) is 66.5 Å². The Hall–Kier alpha value is -1.40. The summed E-state index contributed by atoms with van der Waals surface area (Å²) in [6.45, 7) is 3.07. The van der Waals surface area contributed by atoms with Gasteiger partial charge < -0.3 is 5.32 Å². The van der Waals surface area contributed by atoms with E-state index >= 15 is 0 Å². The van der Waals surface area contributed by atoms with Crippen molar-refractivity contribution in [3.63, 3.8) is 0 Å². The van der Waals surface area contributed by atoms with Gasteiger partial charge in [-0.15, -0.1) is 0 Å². The van der Waals surface area contributed by atoms with Crippen LogP contribution in [-0.2, 0) is 14.8 Å². The van der Waals surface area contributed by atoms with Crippen molar-refractivity contribution in [2.24, 2.45) is 5.92 Å². The molecule has 2 aliphatic rings. The van der Waals surface area contributed by atoms with Gasteiger partial charge in [0.25, 0.3) is 0 Å². The number of nitrogens with one attached hydrogen (secondary N) is 1. The smallest absolute Gasteiger partial charge is 0.243 e. The number of carbonyl (C=O) groups is 1. The van der Waals surface area contributed by atoms with Gasteiger partial charge in [-0.3, -0.25) is 4.79 Å². The molecule has 1 N–H and O–H groups in total. The molecule has 0 aromatic heterocycles. The Bertz CT molecular complexity index is 740. The zero-order valence-electron chi connectivity index (χ0n) is 17.0. The molecule has 0 radical (unpaired) electrons. The number of piperidine rings is 1. The number of amides is 1. The van der Waals surface area contributed by atoms with Crippen LogP contribution in [-0.4, -0.2) is 37.8 Å². The van der Waals surface area contributed by atoms with Crippen LogP contribution in [0, 0.1) is 12.8 Å². The van der Waals surface area contributed by atoms with Crippen molar-refractivity contribution in [1.29, 1.82) is 0 Å². The van der Waals surface area contributed by atoms with E-state index in [1.54, 1.807) is 16.4 Å². The lowest BCUT2D eigenvalue weighted by Gasteiger charge is -2.34. The highest BCUT2D eigenvalue weighted by molar-refractivity contribution is 7.89. The molecule has 1 aliphatic heterocycles. The van der Waals surface area contributed by atoms with Crippen LogP contribution in [0.4, 0.5) is 0 Å². The molecule has 1 saturated carbocycles. The summed E-state index contributed by atoms with van der Waals surface area (Å²) in [5.41, 5.74) is 1.05. The van der Waals surface area contributed by atoms with Gasteiger partial charge in [0.2, 0.25) is 15.9 Å². The third-order valence-corrected chi connectivity index (χ3v) is 8.22. The van der Waals surface area contributed by atoms with E-state index in [9.17, 15) is 13.2 Å². The molecule has 1 saturated heterocycles. The lowest BCUT2D eigenvalue weighted by atomic mass is 10.0. The number of hydrogen-bond donors (Lipinski definition) is 1. The van der Waals surface area contributed by atoms with E-state index in [1.165, 1.54) is 25.7 Å². The Morgan fingerprint density at radius 2 is 1.71 bits per heavy atom. The van der Waals surface area contributed by atoms with Gasteiger partial charge in [0.1, 0.15) is 0 Å². The molecule has 5 nitrogen and oxygen atoms in total. The van der Waals surface area contributed by atoms with Crippen LogP contribution < -0.4 is 5.32 Å². The zero-order chi connectivity index (χ0) is 20.0. The molecular formula is C22H34N2O3S. The molecule has 1 aromatic rings. The second-order valence-corrected chi connectivity index (χ2v) is 10.3. The lowest BCUT2D eigenvalue weighted by molar-refractivity contribution is -0.121.